The first-order chi connectivity index (χ1) is 9.78. The number of anilines is 1. The molecule has 1 heterocycles. The molecule has 0 aliphatic carbocycles. The topological polar surface area (TPSA) is 41.1 Å². The lowest BCUT2D eigenvalue weighted by atomic mass is 10.1. The smallest absolute Gasteiger partial charge is 0.208 e. The molecule has 20 heavy (non-hydrogen) atoms. The van der Waals surface area contributed by atoms with Crippen LogP contribution in [0.5, 0.6) is 0 Å². The lowest BCUT2D eigenvalue weighted by Crippen LogP contribution is -2.37. The van der Waals surface area contributed by atoms with Gasteiger partial charge >= 0.3 is 0 Å². The summed E-state index contributed by atoms with van der Waals surface area (Å²) in [4.78, 5) is 12.0. The maximum atomic E-state index is 10.8. The van der Waals surface area contributed by atoms with E-state index in [0.29, 0.717) is 5.02 Å². The number of amides is 1. The fourth-order valence-corrected chi connectivity index (χ4v) is 3.56. The number of nitrogens with one attached hydrogen (secondary N) is 2. The molecule has 0 fully saturated rings. The van der Waals surface area contributed by atoms with Crippen LogP contribution in [0.25, 0.3) is 0 Å². The van der Waals surface area contributed by atoms with Crippen LogP contribution in [-0.4, -0.2) is 11.8 Å². The maximum absolute atomic E-state index is 10.8. The number of benzene rings is 2. The molecule has 2 aromatic carbocycles. The Labute approximate surface area is 126 Å². The van der Waals surface area contributed by atoms with Gasteiger partial charge in [-0.3, -0.25) is 4.79 Å². The largest absolute Gasteiger partial charge is 0.374 e. The standard InChI is InChI=1S/C15H13ClN2OS/c16-11-7-5-10(6-8-11)14-15(17-9-19)20-13-4-2-1-3-12(13)18-14/h1-9,14-15,18H,(H,17,19). The van der Waals surface area contributed by atoms with Crippen LogP contribution in [0, 0.1) is 0 Å². The van der Waals surface area contributed by atoms with E-state index in [2.05, 4.69) is 10.6 Å². The van der Waals surface area contributed by atoms with E-state index in [4.69, 9.17) is 11.6 Å². The number of rotatable bonds is 3. The average molecular weight is 305 g/mol. The van der Waals surface area contributed by atoms with E-state index >= 15 is 0 Å². The highest BCUT2D eigenvalue weighted by molar-refractivity contribution is 8.00. The Morgan fingerprint density at radius 2 is 1.90 bits per heavy atom. The van der Waals surface area contributed by atoms with Crippen LogP contribution in [0.3, 0.4) is 0 Å². The van der Waals surface area contributed by atoms with Gasteiger partial charge in [-0.15, -0.1) is 0 Å². The number of hydrogen-bond donors (Lipinski definition) is 2. The van der Waals surface area contributed by atoms with Crippen LogP contribution in [-0.2, 0) is 4.79 Å². The third-order valence-corrected chi connectivity index (χ3v) is 4.74. The molecule has 5 heteroatoms. The molecular formula is C15H13ClN2OS. The van der Waals surface area contributed by atoms with Gasteiger partial charge in [-0.1, -0.05) is 47.6 Å². The lowest BCUT2D eigenvalue weighted by Gasteiger charge is -2.34. The predicted molar refractivity (Wildman–Crippen MR) is 83.1 cm³/mol. The highest BCUT2D eigenvalue weighted by Crippen LogP contribution is 2.42. The fraction of sp³-hybridized carbons (Fsp3) is 0.133. The van der Waals surface area contributed by atoms with Gasteiger partial charge in [0.05, 0.1) is 6.04 Å². The minimum absolute atomic E-state index is 0.0115. The number of carbonyl (C=O) groups excluding carboxylic acids is 1. The monoisotopic (exact) mass is 304 g/mol. The van der Waals surface area contributed by atoms with E-state index in [9.17, 15) is 4.79 Å². The van der Waals surface area contributed by atoms with Crippen molar-refractivity contribution in [3.63, 3.8) is 0 Å². The number of hydrogen-bond acceptors (Lipinski definition) is 3. The zero-order valence-electron chi connectivity index (χ0n) is 10.5. The Kier molecular flexibility index (Phi) is 3.85. The van der Waals surface area contributed by atoms with Gasteiger partial charge in [-0.05, 0) is 29.8 Å². The van der Waals surface area contributed by atoms with Gasteiger partial charge in [-0.25, -0.2) is 0 Å². The van der Waals surface area contributed by atoms with Crippen LogP contribution in [0.2, 0.25) is 5.02 Å². The molecule has 0 spiro atoms. The van der Waals surface area contributed by atoms with Gasteiger partial charge in [0.2, 0.25) is 6.41 Å². The van der Waals surface area contributed by atoms with Crippen LogP contribution in [0.1, 0.15) is 11.6 Å². The third-order valence-electron chi connectivity index (χ3n) is 3.22. The zero-order valence-corrected chi connectivity index (χ0v) is 12.1. The number of para-hydroxylation sites is 1. The Morgan fingerprint density at radius 1 is 1.15 bits per heavy atom. The summed E-state index contributed by atoms with van der Waals surface area (Å²) >= 11 is 7.58. The molecular weight excluding hydrogens is 292 g/mol. The van der Waals surface area contributed by atoms with Crippen molar-refractivity contribution in [2.24, 2.45) is 0 Å². The summed E-state index contributed by atoms with van der Waals surface area (Å²) in [7, 11) is 0. The van der Waals surface area contributed by atoms with Gasteiger partial charge in [0.25, 0.3) is 0 Å². The van der Waals surface area contributed by atoms with Gasteiger partial charge < -0.3 is 10.6 Å². The molecule has 1 aliphatic rings. The molecule has 0 bridgehead atoms. The zero-order chi connectivity index (χ0) is 13.9. The molecule has 2 aromatic rings. The number of fused-ring (bicyclic) bond motifs is 1. The second-order valence-corrected chi connectivity index (χ2v) is 6.11. The van der Waals surface area contributed by atoms with E-state index < -0.39 is 0 Å². The molecule has 2 unspecified atom stereocenters. The first-order valence-corrected chi connectivity index (χ1v) is 7.51. The van der Waals surface area contributed by atoms with Crippen molar-refractivity contribution in [1.29, 1.82) is 0 Å². The highest BCUT2D eigenvalue weighted by atomic mass is 35.5. The maximum Gasteiger partial charge on any atom is 0.208 e. The molecule has 0 saturated carbocycles. The minimum Gasteiger partial charge on any atom is -0.374 e. The SMILES string of the molecule is O=CNC1Sc2ccccc2NC1c1ccc(Cl)cc1. The van der Waals surface area contributed by atoms with E-state index in [0.717, 1.165) is 22.6 Å². The quantitative estimate of drug-likeness (QED) is 0.850. The first-order valence-electron chi connectivity index (χ1n) is 6.25. The van der Waals surface area contributed by atoms with Crippen molar-refractivity contribution < 1.29 is 4.79 Å². The molecule has 0 radical (unpaired) electrons. The van der Waals surface area contributed by atoms with Crippen LogP contribution in [0.4, 0.5) is 5.69 Å². The third kappa shape index (κ3) is 2.62. The molecule has 3 nitrogen and oxygen atoms in total. The normalized spacial score (nSPS) is 20.6. The molecule has 2 N–H and O–H groups in total. The summed E-state index contributed by atoms with van der Waals surface area (Å²) in [6.07, 6.45) is 0.746. The highest BCUT2D eigenvalue weighted by Gasteiger charge is 2.29. The predicted octanol–water partition coefficient (Wildman–Crippen LogP) is 3.67. The number of halogens is 1. The summed E-state index contributed by atoms with van der Waals surface area (Å²) in [5, 5.41) is 7.01. The van der Waals surface area contributed by atoms with Crippen molar-refractivity contribution >= 4 is 35.5 Å². The number of thioether (sulfide) groups is 1. The van der Waals surface area contributed by atoms with Crippen molar-refractivity contribution in [1.82, 2.24) is 5.32 Å². The molecule has 0 aromatic heterocycles. The Morgan fingerprint density at radius 3 is 2.65 bits per heavy atom. The second-order valence-electron chi connectivity index (χ2n) is 4.49. The molecule has 1 aliphatic heterocycles. The average Bonchev–Trinajstić information content (AvgIpc) is 2.48. The summed E-state index contributed by atoms with van der Waals surface area (Å²) < 4.78 is 0. The van der Waals surface area contributed by atoms with Gasteiger partial charge in [0, 0.05) is 15.6 Å². The van der Waals surface area contributed by atoms with Crippen LogP contribution >= 0.6 is 23.4 Å². The summed E-state index contributed by atoms with van der Waals surface area (Å²) in [6.45, 7) is 0. The van der Waals surface area contributed by atoms with Crippen LogP contribution < -0.4 is 10.6 Å². The molecule has 3 rings (SSSR count). The second kappa shape index (κ2) is 5.77. The Balaban J connectivity index is 1.95. The lowest BCUT2D eigenvalue weighted by molar-refractivity contribution is -0.109. The van der Waals surface area contributed by atoms with Crippen molar-refractivity contribution in [2.45, 2.75) is 16.3 Å². The van der Waals surface area contributed by atoms with Crippen LogP contribution in [0.15, 0.2) is 53.4 Å². The Bertz CT molecular complexity index is 618. The van der Waals surface area contributed by atoms with E-state index in [-0.39, 0.29) is 11.4 Å². The van der Waals surface area contributed by atoms with Crippen molar-refractivity contribution in [3.8, 4) is 0 Å². The summed E-state index contributed by atoms with van der Waals surface area (Å²) in [6, 6.07) is 15.8. The van der Waals surface area contributed by atoms with E-state index in [1.54, 1.807) is 11.8 Å². The van der Waals surface area contributed by atoms with Crippen molar-refractivity contribution in [2.75, 3.05) is 5.32 Å². The first kappa shape index (κ1) is 13.3. The van der Waals surface area contributed by atoms with Gasteiger partial charge in [-0.2, -0.15) is 0 Å². The number of carbonyl (C=O) groups is 1. The minimum atomic E-state index is -0.0522. The molecule has 0 saturated heterocycles. The van der Waals surface area contributed by atoms with E-state index in [1.807, 2.05) is 48.5 Å². The van der Waals surface area contributed by atoms with E-state index in [1.165, 1.54) is 0 Å². The summed E-state index contributed by atoms with van der Waals surface area (Å²) in [5.74, 6) is 0. The van der Waals surface area contributed by atoms with Crippen molar-refractivity contribution in [3.05, 3.63) is 59.1 Å². The fourth-order valence-electron chi connectivity index (χ4n) is 2.26. The molecule has 1 amide bonds. The molecule has 2 atom stereocenters. The van der Waals surface area contributed by atoms with Gasteiger partial charge in [0.1, 0.15) is 5.37 Å². The summed E-state index contributed by atoms with van der Waals surface area (Å²) in [5.41, 5.74) is 2.18. The Hall–Kier alpha value is -1.65. The molecule has 102 valence electrons. The van der Waals surface area contributed by atoms with Gasteiger partial charge in [0.15, 0.2) is 0 Å².